The third kappa shape index (κ3) is 4.79. The lowest BCUT2D eigenvalue weighted by atomic mass is 9.95. The van der Waals surface area contributed by atoms with Crippen molar-refractivity contribution >= 4 is 33.9 Å². The predicted octanol–water partition coefficient (Wildman–Crippen LogP) is 4.57. The number of nitrogens with one attached hydrogen (secondary N) is 1. The zero-order chi connectivity index (χ0) is 23.6. The smallest absolute Gasteiger partial charge is 0.341 e. The average molecular weight is 470 g/mol. The Morgan fingerprint density at radius 2 is 2.03 bits per heavy atom. The normalized spacial score (nSPS) is 14.2. The second kappa shape index (κ2) is 9.72. The molecule has 0 saturated heterocycles. The van der Waals surface area contributed by atoms with E-state index in [9.17, 15) is 28.5 Å². The van der Waals surface area contributed by atoms with E-state index in [1.54, 1.807) is 6.92 Å². The van der Waals surface area contributed by atoms with Crippen molar-refractivity contribution in [2.24, 2.45) is 0 Å². The van der Waals surface area contributed by atoms with E-state index < -0.39 is 41.2 Å². The third-order valence-corrected chi connectivity index (χ3v) is 6.60. The molecule has 0 radical (unpaired) electrons. The zero-order valence-corrected chi connectivity index (χ0v) is 18.8. The summed E-state index contributed by atoms with van der Waals surface area (Å²) in [5.41, 5.74) is -0.741. The molecule has 0 fully saturated rings. The Bertz CT molecular complexity index is 1050. The first-order valence-electron chi connectivity index (χ1n) is 10.3. The molecule has 2 aromatic rings. The van der Waals surface area contributed by atoms with E-state index in [1.807, 2.05) is 6.92 Å². The molecule has 0 aliphatic heterocycles. The number of fused-ring (bicyclic) bond motifs is 1. The number of hydrogen-bond acceptors (Lipinski definition) is 7. The Morgan fingerprint density at radius 3 is 2.62 bits per heavy atom. The highest BCUT2D eigenvalue weighted by molar-refractivity contribution is 7.17. The molecule has 2 heterocycles. The molecule has 174 valence electrons. The van der Waals surface area contributed by atoms with Gasteiger partial charge >= 0.3 is 11.7 Å². The number of hydrogen-bond donors (Lipinski definition) is 1. The summed E-state index contributed by atoms with van der Waals surface area (Å²) in [7, 11) is 0. The summed E-state index contributed by atoms with van der Waals surface area (Å²) in [6.45, 7) is 4.41. The van der Waals surface area contributed by atoms with Crippen LogP contribution in [0.4, 0.5) is 19.5 Å². The van der Waals surface area contributed by atoms with E-state index in [4.69, 9.17) is 4.74 Å². The van der Waals surface area contributed by atoms with Crippen LogP contribution in [-0.2, 0) is 28.9 Å². The number of nitrogens with zero attached hydrogens (tertiary/aromatic N) is 3. The summed E-state index contributed by atoms with van der Waals surface area (Å²) in [5, 5.41) is 17.7. The van der Waals surface area contributed by atoms with Crippen LogP contribution in [0.2, 0.25) is 0 Å². The highest BCUT2D eigenvalue weighted by Crippen LogP contribution is 2.39. The predicted molar refractivity (Wildman–Crippen MR) is 113 cm³/mol. The summed E-state index contributed by atoms with van der Waals surface area (Å²) in [4.78, 5) is 36.7. The monoisotopic (exact) mass is 470 g/mol. The lowest BCUT2D eigenvalue weighted by Crippen LogP contribution is -2.22. The Balaban J connectivity index is 1.87. The average Bonchev–Trinajstić information content (AvgIpc) is 3.25. The van der Waals surface area contributed by atoms with Crippen molar-refractivity contribution in [2.45, 2.75) is 71.9 Å². The van der Waals surface area contributed by atoms with Crippen LogP contribution < -0.4 is 5.32 Å². The SMILES string of the molecule is CCC(C)OC(=O)c1c(NC(=O)Cn2nc(C(F)F)c([N+](=O)[O-])c2C)sc2c1CCCC2. The number of amides is 1. The fourth-order valence-corrected chi connectivity index (χ4v) is 4.88. The summed E-state index contributed by atoms with van der Waals surface area (Å²) < 4.78 is 32.6. The Hall–Kier alpha value is -2.89. The van der Waals surface area contributed by atoms with Crippen LogP contribution in [0.3, 0.4) is 0 Å². The van der Waals surface area contributed by atoms with Crippen molar-refractivity contribution in [1.82, 2.24) is 9.78 Å². The van der Waals surface area contributed by atoms with Gasteiger partial charge in [-0.3, -0.25) is 19.6 Å². The van der Waals surface area contributed by atoms with Gasteiger partial charge in [-0.05, 0) is 51.5 Å². The molecule has 1 amide bonds. The van der Waals surface area contributed by atoms with Crippen LogP contribution in [-0.4, -0.2) is 32.7 Å². The Kier molecular flexibility index (Phi) is 7.22. The molecule has 1 atom stereocenters. The minimum atomic E-state index is -3.15. The van der Waals surface area contributed by atoms with Crippen LogP contribution in [0.25, 0.3) is 0 Å². The van der Waals surface area contributed by atoms with Gasteiger partial charge in [0.15, 0.2) is 0 Å². The molecule has 12 heteroatoms. The van der Waals surface area contributed by atoms with Gasteiger partial charge < -0.3 is 10.1 Å². The molecule has 0 aromatic carbocycles. The van der Waals surface area contributed by atoms with Gasteiger partial charge in [0.05, 0.1) is 16.6 Å². The minimum absolute atomic E-state index is 0.151. The van der Waals surface area contributed by atoms with E-state index in [0.717, 1.165) is 34.4 Å². The summed E-state index contributed by atoms with van der Waals surface area (Å²) in [5.74, 6) is -1.15. The molecule has 3 rings (SSSR count). The van der Waals surface area contributed by atoms with Crippen molar-refractivity contribution < 1.29 is 28.0 Å². The number of esters is 1. The quantitative estimate of drug-likeness (QED) is 0.343. The number of carbonyl (C=O) groups excluding carboxylic acids is 2. The van der Waals surface area contributed by atoms with Crippen LogP contribution in [0.1, 0.15) is 71.7 Å². The third-order valence-electron chi connectivity index (χ3n) is 5.40. The van der Waals surface area contributed by atoms with Crippen molar-refractivity contribution in [3.63, 3.8) is 0 Å². The number of carbonyl (C=O) groups is 2. The zero-order valence-electron chi connectivity index (χ0n) is 17.9. The second-order valence-electron chi connectivity index (χ2n) is 7.62. The van der Waals surface area contributed by atoms with Crippen molar-refractivity contribution in [3.8, 4) is 0 Å². The fraction of sp³-hybridized carbons (Fsp3) is 0.550. The number of nitro groups is 1. The van der Waals surface area contributed by atoms with Crippen molar-refractivity contribution in [2.75, 3.05) is 5.32 Å². The van der Waals surface area contributed by atoms with Gasteiger partial charge in [0.2, 0.25) is 11.6 Å². The lowest BCUT2D eigenvalue weighted by Gasteiger charge is -2.15. The molecule has 1 unspecified atom stereocenters. The summed E-state index contributed by atoms with van der Waals surface area (Å²) in [6, 6.07) is 0. The van der Waals surface area contributed by atoms with E-state index in [-0.39, 0.29) is 11.8 Å². The van der Waals surface area contributed by atoms with Gasteiger partial charge in [0, 0.05) is 4.88 Å². The maximum atomic E-state index is 13.1. The molecular weight excluding hydrogens is 446 g/mol. The number of halogens is 2. The van der Waals surface area contributed by atoms with Crippen molar-refractivity contribution in [1.29, 1.82) is 0 Å². The highest BCUT2D eigenvalue weighted by Gasteiger charge is 2.32. The van der Waals surface area contributed by atoms with E-state index in [1.165, 1.54) is 18.3 Å². The number of alkyl halides is 2. The van der Waals surface area contributed by atoms with Gasteiger partial charge in [0.1, 0.15) is 17.2 Å². The van der Waals surface area contributed by atoms with Crippen LogP contribution in [0.15, 0.2) is 0 Å². The maximum Gasteiger partial charge on any atom is 0.341 e. The minimum Gasteiger partial charge on any atom is -0.459 e. The lowest BCUT2D eigenvalue weighted by molar-refractivity contribution is -0.386. The molecule has 32 heavy (non-hydrogen) atoms. The molecule has 0 saturated carbocycles. The molecule has 1 N–H and O–H groups in total. The largest absolute Gasteiger partial charge is 0.459 e. The van der Waals surface area contributed by atoms with E-state index >= 15 is 0 Å². The number of ether oxygens (including phenoxy) is 1. The number of anilines is 1. The first-order chi connectivity index (χ1) is 15.1. The standard InChI is InChI=1S/C20H24F2N4O5S/c1-4-10(2)31-20(28)15-12-7-5-6-8-13(12)32-19(15)23-14(27)9-25-11(3)17(26(29)30)16(24-25)18(21)22/h10,18H,4-9H2,1-3H3,(H,23,27). The van der Waals surface area contributed by atoms with Gasteiger partial charge in [0.25, 0.3) is 6.43 Å². The van der Waals surface area contributed by atoms with Crippen molar-refractivity contribution in [3.05, 3.63) is 37.5 Å². The molecule has 0 spiro atoms. The molecule has 1 aliphatic carbocycles. The Morgan fingerprint density at radius 1 is 1.34 bits per heavy atom. The summed E-state index contributed by atoms with van der Waals surface area (Å²) in [6.07, 6.45) is 0.607. The van der Waals surface area contributed by atoms with Crippen LogP contribution >= 0.6 is 11.3 Å². The molecule has 0 bridgehead atoms. The Labute approximate surface area is 186 Å². The number of aryl methyl sites for hydroxylation is 1. The molecular formula is C20H24F2N4O5S. The topological polar surface area (TPSA) is 116 Å². The van der Waals surface area contributed by atoms with Gasteiger partial charge in [-0.15, -0.1) is 11.3 Å². The van der Waals surface area contributed by atoms with Gasteiger partial charge in [-0.2, -0.15) is 5.10 Å². The number of aromatic nitrogens is 2. The molecule has 2 aromatic heterocycles. The fourth-order valence-electron chi connectivity index (χ4n) is 3.58. The first-order valence-corrected chi connectivity index (χ1v) is 11.1. The van der Waals surface area contributed by atoms with Crippen LogP contribution in [0.5, 0.6) is 0 Å². The maximum absolute atomic E-state index is 13.1. The van der Waals surface area contributed by atoms with Gasteiger partial charge in [-0.25, -0.2) is 13.6 Å². The molecule has 1 aliphatic rings. The number of rotatable bonds is 8. The molecule has 9 nitrogen and oxygen atoms in total. The van der Waals surface area contributed by atoms with E-state index in [0.29, 0.717) is 23.4 Å². The van der Waals surface area contributed by atoms with Crippen LogP contribution in [0, 0.1) is 17.0 Å². The second-order valence-corrected chi connectivity index (χ2v) is 8.73. The summed E-state index contributed by atoms with van der Waals surface area (Å²) >= 11 is 1.30. The van der Waals surface area contributed by atoms with Gasteiger partial charge in [-0.1, -0.05) is 6.92 Å². The first kappa shape index (κ1) is 23.8. The number of thiophene rings is 1. The highest BCUT2D eigenvalue weighted by atomic mass is 32.1. The van der Waals surface area contributed by atoms with E-state index in [2.05, 4.69) is 10.4 Å².